The Kier molecular flexibility index (Phi) is 5.63. The molecule has 0 spiro atoms. The standard InChI is InChI=1S/C10H14Cl2N2O2/c11-5-3-1-2-4-6-14-7-8(12)9(15)13-10(14)16/h7H,1-6H2,(H,13,15,16). The van der Waals surface area contributed by atoms with E-state index in [1.165, 1.54) is 10.8 Å². The van der Waals surface area contributed by atoms with Crippen molar-refractivity contribution in [1.29, 1.82) is 0 Å². The van der Waals surface area contributed by atoms with Crippen molar-refractivity contribution < 1.29 is 0 Å². The van der Waals surface area contributed by atoms with Gasteiger partial charge >= 0.3 is 5.69 Å². The Morgan fingerprint density at radius 2 is 1.88 bits per heavy atom. The lowest BCUT2D eigenvalue weighted by Crippen LogP contribution is -2.29. The van der Waals surface area contributed by atoms with E-state index in [4.69, 9.17) is 23.2 Å². The number of hydrogen-bond acceptors (Lipinski definition) is 2. The average Bonchev–Trinajstić information content (AvgIpc) is 2.25. The highest BCUT2D eigenvalue weighted by atomic mass is 35.5. The molecule has 1 aromatic rings. The normalized spacial score (nSPS) is 10.6. The zero-order valence-corrected chi connectivity index (χ0v) is 10.4. The Morgan fingerprint density at radius 1 is 1.19 bits per heavy atom. The molecule has 6 heteroatoms. The summed E-state index contributed by atoms with van der Waals surface area (Å²) in [6.45, 7) is 0.567. The van der Waals surface area contributed by atoms with Crippen LogP contribution in [0.4, 0.5) is 0 Å². The van der Waals surface area contributed by atoms with Crippen molar-refractivity contribution in [2.45, 2.75) is 32.2 Å². The smallest absolute Gasteiger partial charge is 0.299 e. The quantitative estimate of drug-likeness (QED) is 0.631. The van der Waals surface area contributed by atoms with Gasteiger partial charge in [-0.2, -0.15) is 0 Å². The number of aromatic nitrogens is 2. The molecule has 0 aliphatic rings. The number of H-pyrrole nitrogens is 1. The van der Waals surface area contributed by atoms with Crippen LogP contribution in [0, 0.1) is 0 Å². The average molecular weight is 265 g/mol. The van der Waals surface area contributed by atoms with E-state index < -0.39 is 11.2 Å². The Bertz CT molecular complexity index is 439. The second kappa shape index (κ2) is 6.76. The molecule has 1 heterocycles. The van der Waals surface area contributed by atoms with Gasteiger partial charge in [0.05, 0.1) is 0 Å². The van der Waals surface area contributed by atoms with E-state index >= 15 is 0 Å². The van der Waals surface area contributed by atoms with Crippen molar-refractivity contribution >= 4 is 23.2 Å². The third-order valence-electron chi connectivity index (χ3n) is 2.25. The van der Waals surface area contributed by atoms with Gasteiger partial charge in [0, 0.05) is 18.6 Å². The highest BCUT2D eigenvalue weighted by Crippen LogP contribution is 2.03. The molecule has 0 aliphatic heterocycles. The van der Waals surface area contributed by atoms with Gasteiger partial charge in [0.25, 0.3) is 5.56 Å². The number of aromatic amines is 1. The van der Waals surface area contributed by atoms with Crippen LogP contribution >= 0.6 is 23.2 Å². The second-order valence-electron chi connectivity index (χ2n) is 3.53. The molecule has 0 aromatic carbocycles. The Labute approximate surface area is 103 Å². The van der Waals surface area contributed by atoms with Crippen molar-refractivity contribution in [3.05, 3.63) is 32.1 Å². The lowest BCUT2D eigenvalue weighted by atomic mass is 10.2. The molecule has 0 unspecified atom stereocenters. The van der Waals surface area contributed by atoms with Gasteiger partial charge in [0.1, 0.15) is 5.02 Å². The van der Waals surface area contributed by atoms with E-state index in [2.05, 4.69) is 4.98 Å². The van der Waals surface area contributed by atoms with E-state index in [9.17, 15) is 9.59 Å². The minimum absolute atomic E-state index is 0.0420. The molecule has 1 aromatic heterocycles. The molecule has 0 fully saturated rings. The first-order valence-electron chi connectivity index (χ1n) is 5.20. The van der Waals surface area contributed by atoms with Crippen LogP contribution in [-0.4, -0.2) is 15.4 Å². The van der Waals surface area contributed by atoms with E-state index in [1.54, 1.807) is 0 Å². The fraction of sp³-hybridized carbons (Fsp3) is 0.600. The Hall–Kier alpha value is -0.740. The van der Waals surface area contributed by atoms with Gasteiger partial charge in [0.2, 0.25) is 0 Å². The van der Waals surface area contributed by atoms with Gasteiger partial charge in [-0.25, -0.2) is 4.79 Å². The van der Waals surface area contributed by atoms with Crippen LogP contribution in [0.2, 0.25) is 5.02 Å². The summed E-state index contributed by atoms with van der Waals surface area (Å²) < 4.78 is 1.42. The highest BCUT2D eigenvalue weighted by molar-refractivity contribution is 6.30. The van der Waals surface area contributed by atoms with Crippen molar-refractivity contribution in [2.24, 2.45) is 0 Å². The van der Waals surface area contributed by atoms with E-state index in [1.807, 2.05) is 0 Å². The maximum atomic E-state index is 11.3. The molecule has 0 saturated carbocycles. The molecular formula is C10H14Cl2N2O2. The maximum Gasteiger partial charge on any atom is 0.328 e. The van der Waals surface area contributed by atoms with Crippen LogP contribution in [0.1, 0.15) is 25.7 Å². The first kappa shape index (κ1) is 13.3. The number of nitrogens with one attached hydrogen (secondary N) is 1. The lowest BCUT2D eigenvalue weighted by Gasteiger charge is -2.04. The summed E-state index contributed by atoms with van der Waals surface area (Å²) in [4.78, 5) is 24.5. The van der Waals surface area contributed by atoms with E-state index in [0.29, 0.717) is 12.4 Å². The molecule has 0 amide bonds. The molecule has 1 N–H and O–H groups in total. The molecule has 0 radical (unpaired) electrons. The molecule has 16 heavy (non-hydrogen) atoms. The number of aryl methyl sites for hydroxylation is 1. The topological polar surface area (TPSA) is 54.9 Å². The summed E-state index contributed by atoms with van der Waals surface area (Å²) in [7, 11) is 0. The first-order valence-corrected chi connectivity index (χ1v) is 6.11. The highest BCUT2D eigenvalue weighted by Gasteiger charge is 2.01. The second-order valence-corrected chi connectivity index (χ2v) is 4.32. The van der Waals surface area contributed by atoms with Crippen molar-refractivity contribution in [1.82, 2.24) is 9.55 Å². The SMILES string of the molecule is O=c1[nH]c(=O)n(CCCCCCCl)cc1Cl. The fourth-order valence-electron chi connectivity index (χ4n) is 1.38. The Morgan fingerprint density at radius 3 is 2.56 bits per heavy atom. The van der Waals surface area contributed by atoms with Crippen LogP contribution in [0.15, 0.2) is 15.8 Å². The van der Waals surface area contributed by atoms with Crippen LogP contribution in [0.5, 0.6) is 0 Å². The van der Waals surface area contributed by atoms with E-state index in [0.717, 1.165) is 25.7 Å². The monoisotopic (exact) mass is 264 g/mol. The minimum atomic E-state index is -0.537. The third-order valence-corrected chi connectivity index (χ3v) is 2.79. The van der Waals surface area contributed by atoms with Crippen LogP contribution in [0.3, 0.4) is 0 Å². The summed E-state index contributed by atoms with van der Waals surface area (Å²) >= 11 is 11.2. The number of halogens is 2. The molecule has 0 saturated heterocycles. The number of unbranched alkanes of at least 4 members (excludes halogenated alkanes) is 3. The molecule has 4 nitrogen and oxygen atoms in total. The van der Waals surface area contributed by atoms with Gasteiger partial charge in [-0.3, -0.25) is 14.3 Å². The Balaban J connectivity index is 2.51. The first-order chi connectivity index (χ1) is 7.65. The molecule has 0 atom stereocenters. The molecule has 0 bridgehead atoms. The minimum Gasteiger partial charge on any atom is -0.299 e. The number of rotatable bonds is 6. The largest absolute Gasteiger partial charge is 0.328 e. The molecule has 0 aliphatic carbocycles. The van der Waals surface area contributed by atoms with Gasteiger partial charge in [0.15, 0.2) is 0 Å². The summed E-state index contributed by atoms with van der Waals surface area (Å²) in [6.07, 6.45) is 5.30. The zero-order valence-electron chi connectivity index (χ0n) is 8.84. The van der Waals surface area contributed by atoms with Crippen molar-refractivity contribution in [2.75, 3.05) is 5.88 Å². The number of hydrogen-bond donors (Lipinski definition) is 1. The molecule has 1 rings (SSSR count). The third kappa shape index (κ3) is 4.02. The van der Waals surface area contributed by atoms with Crippen LogP contribution < -0.4 is 11.2 Å². The van der Waals surface area contributed by atoms with Gasteiger partial charge < -0.3 is 0 Å². The van der Waals surface area contributed by atoms with Gasteiger partial charge in [-0.15, -0.1) is 11.6 Å². The van der Waals surface area contributed by atoms with Gasteiger partial charge in [-0.05, 0) is 12.8 Å². The lowest BCUT2D eigenvalue weighted by molar-refractivity contribution is 0.561. The van der Waals surface area contributed by atoms with Crippen molar-refractivity contribution in [3.8, 4) is 0 Å². The summed E-state index contributed by atoms with van der Waals surface area (Å²) in [5.74, 6) is 0.671. The number of nitrogens with zero attached hydrogens (tertiary/aromatic N) is 1. The summed E-state index contributed by atoms with van der Waals surface area (Å²) in [6, 6.07) is 0. The van der Waals surface area contributed by atoms with Crippen molar-refractivity contribution in [3.63, 3.8) is 0 Å². The molecule has 90 valence electrons. The molecular weight excluding hydrogens is 251 g/mol. The summed E-state index contributed by atoms with van der Waals surface area (Å²) in [5.41, 5.74) is -0.947. The fourth-order valence-corrected chi connectivity index (χ4v) is 1.73. The van der Waals surface area contributed by atoms with Gasteiger partial charge in [-0.1, -0.05) is 24.4 Å². The predicted octanol–water partition coefficient (Wildman–Crippen LogP) is 1.99. The summed E-state index contributed by atoms with van der Waals surface area (Å²) in [5, 5.41) is 0.0420. The van der Waals surface area contributed by atoms with Crippen LogP contribution in [-0.2, 0) is 6.54 Å². The number of alkyl halides is 1. The van der Waals surface area contributed by atoms with Crippen LogP contribution in [0.25, 0.3) is 0 Å². The predicted molar refractivity (Wildman–Crippen MR) is 65.5 cm³/mol. The zero-order chi connectivity index (χ0) is 12.0. The maximum absolute atomic E-state index is 11.3. The van der Waals surface area contributed by atoms with E-state index in [-0.39, 0.29) is 5.02 Å².